The first-order valence-electron chi connectivity index (χ1n) is 11.3. The molecular formula is C27H24N4O3S. The zero-order chi connectivity index (χ0) is 24.6. The third kappa shape index (κ3) is 3.85. The summed E-state index contributed by atoms with van der Waals surface area (Å²) < 4.78 is 1.04. The van der Waals surface area contributed by atoms with Gasteiger partial charge in [-0.1, -0.05) is 72.8 Å². The number of para-hydroxylation sites is 1. The van der Waals surface area contributed by atoms with E-state index in [2.05, 4.69) is 10.3 Å². The smallest absolute Gasteiger partial charge is 0.326 e. The summed E-state index contributed by atoms with van der Waals surface area (Å²) >= 11 is 1.52. The fraction of sp³-hybridized carbons (Fsp3) is 0.185. The maximum atomic E-state index is 13.8. The Kier molecular flexibility index (Phi) is 5.82. The lowest BCUT2D eigenvalue weighted by Gasteiger charge is -2.28. The summed E-state index contributed by atoms with van der Waals surface area (Å²) in [5.74, 6) is -0.827. The lowest BCUT2D eigenvalue weighted by molar-refractivity contribution is -0.138. The minimum atomic E-state index is -1.39. The van der Waals surface area contributed by atoms with E-state index >= 15 is 0 Å². The number of benzene rings is 3. The summed E-state index contributed by atoms with van der Waals surface area (Å²) in [6.45, 7) is 1.53. The highest BCUT2D eigenvalue weighted by Gasteiger charge is 2.54. The molecule has 1 saturated heterocycles. The van der Waals surface area contributed by atoms with Crippen molar-refractivity contribution in [2.45, 2.75) is 18.5 Å². The number of nitrogens with zero attached hydrogens (tertiary/aromatic N) is 3. The van der Waals surface area contributed by atoms with Gasteiger partial charge in [0.1, 0.15) is 11.6 Å². The predicted molar refractivity (Wildman–Crippen MR) is 135 cm³/mol. The Bertz CT molecular complexity index is 1330. The number of nitrogens with one attached hydrogen (secondary N) is 1. The quantitative estimate of drug-likeness (QED) is 0.414. The van der Waals surface area contributed by atoms with E-state index in [1.54, 1.807) is 31.3 Å². The minimum absolute atomic E-state index is 0.311. The van der Waals surface area contributed by atoms with Crippen molar-refractivity contribution in [3.05, 3.63) is 101 Å². The number of aromatic nitrogens is 1. The normalized spacial score (nSPS) is 15.8. The number of imide groups is 1. The fourth-order valence-corrected chi connectivity index (χ4v) is 5.41. The molecule has 5 rings (SSSR count). The van der Waals surface area contributed by atoms with Crippen LogP contribution in [0, 0.1) is 0 Å². The average molecular weight is 485 g/mol. The van der Waals surface area contributed by atoms with Crippen molar-refractivity contribution >= 4 is 39.4 Å². The monoisotopic (exact) mass is 484 g/mol. The van der Waals surface area contributed by atoms with Gasteiger partial charge >= 0.3 is 6.03 Å². The highest BCUT2D eigenvalue weighted by Crippen LogP contribution is 2.36. The van der Waals surface area contributed by atoms with E-state index in [0.29, 0.717) is 11.1 Å². The number of rotatable bonds is 6. The Balaban J connectivity index is 1.41. The Labute approximate surface area is 207 Å². The van der Waals surface area contributed by atoms with Gasteiger partial charge in [-0.05, 0) is 30.2 Å². The van der Waals surface area contributed by atoms with Crippen molar-refractivity contribution in [3.8, 4) is 0 Å². The van der Waals surface area contributed by atoms with Crippen LogP contribution in [0.25, 0.3) is 10.2 Å². The van der Waals surface area contributed by atoms with Crippen molar-refractivity contribution in [1.29, 1.82) is 0 Å². The van der Waals surface area contributed by atoms with Gasteiger partial charge in [-0.15, -0.1) is 11.3 Å². The van der Waals surface area contributed by atoms with Gasteiger partial charge in [-0.3, -0.25) is 14.5 Å². The highest BCUT2D eigenvalue weighted by atomic mass is 32.1. The van der Waals surface area contributed by atoms with Crippen LogP contribution in [0.2, 0.25) is 0 Å². The molecular weight excluding hydrogens is 460 g/mol. The molecule has 176 valence electrons. The molecule has 4 amide bonds. The summed E-state index contributed by atoms with van der Waals surface area (Å²) in [4.78, 5) is 47.3. The molecule has 1 fully saturated rings. The van der Waals surface area contributed by atoms with Gasteiger partial charge in [-0.25, -0.2) is 9.78 Å². The van der Waals surface area contributed by atoms with Gasteiger partial charge in [0, 0.05) is 7.05 Å². The van der Waals surface area contributed by atoms with E-state index in [1.807, 2.05) is 67.6 Å². The number of amides is 4. The molecule has 1 aliphatic rings. The largest absolute Gasteiger partial charge is 0.335 e. The van der Waals surface area contributed by atoms with Crippen molar-refractivity contribution in [2.75, 3.05) is 13.6 Å². The lowest BCUT2D eigenvalue weighted by atomic mass is 9.82. The van der Waals surface area contributed by atoms with Crippen molar-refractivity contribution in [1.82, 2.24) is 20.1 Å². The maximum absolute atomic E-state index is 13.8. The molecule has 7 nitrogen and oxygen atoms in total. The summed E-state index contributed by atoms with van der Waals surface area (Å²) in [6.07, 6.45) is 0. The molecule has 0 saturated carbocycles. The number of likely N-dealkylation sites (N-methyl/N-ethyl adjacent to an activating group) is 1. The molecule has 3 aromatic carbocycles. The van der Waals surface area contributed by atoms with Crippen LogP contribution in [0.4, 0.5) is 4.79 Å². The number of hydrogen-bond acceptors (Lipinski definition) is 5. The fourth-order valence-electron chi connectivity index (χ4n) is 4.35. The number of thiazole rings is 1. The van der Waals surface area contributed by atoms with E-state index in [4.69, 9.17) is 0 Å². The Morgan fingerprint density at radius 3 is 2.14 bits per heavy atom. The summed E-state index contributed by atoms with van der Waals surface area (Å²) in [5, 5.41) is 3.67. The Morgan fingerprint density at radius 2 is 1.54 bits per heavy atom. The molecule has 0 radical (unpaired) electrons. The SMILES string of the molecule is C[C@H](c1nc2ccccc2s1)N(C)C(=O)CN1C(=O)NC(c2ccccc2)(c2ccccc2)C1=O. The topological polar surface area (TPSA) is 82.6 Å². The van der Waals surface area contributed by atoms with Crippen LogP contribution in [0.3, 0.4) is 0 Å². The van der Waals surface area contributed by atoms with Crippen LogP contribution >= 0.6 is 11.3 Å². The molecule has 8 heteroatoms. The van der Waals surface area contributed by atoms with Crippen molar-refractivity contribution in [2.24, 2.45) is 0 Å². The molecule has 35 heavy (non-hydrogen) atoms. The van der Waals surface area contributed by atoms with Crippen LogP contribution in [0.5, 0.6) is 0 Å². The average Bonchev–Trinajstić information content (AvgIpc) is 3.44. The third-order valence-electron chi connectivity index (χ3n) is 6.45. The van der Waals surface area contributed by atoms with Gasteiger partial charge in [0.2, 0.25) is 5.91 Å². The van der Waals surface area contributed by atoms with Gasteiger partial charge in [0.25, 0.3) is 5.91 Å². The summed E-state index contributed by atoms with van der Waals surface area (Å²) in [5.41, 5.74) is 0.757. The second-order valence-corrected chi connectivity index (χ2v) is 9.57. The number of fused-ring (bicyclic) bond motifs is 1. The zero-order valence-corrected chi connectivity index (χ0v) is 20.2. The predicted octanol–water partition coefficient (Wildman–Crippen LogP) is 4.31. The number of urea groups is 1. The van der Waals surface area contributed by atoms with Gasteiger partial charge in [0.05, 0.1) is 16.3 Å². The van der Waals surface area contributed by atoms with E-state index in [1.165, 1.54) is 16.2 Å². The van der Waals surface area contributed by atoms with Gasteiger partial charge in [-0.2, -0.15) is 0 Å². The molecule has 0 aliphatic carbocycles. The van der Waals surface area contributed by atoms with E-state index < -0.39 is 17.5 Å². The second kappa shape index (κ2) is 8.96. The van der Waals surface area contributed by atoms with Gasteiger partial charge < -0.3 is 10.2 Å². The molecule has 1 N–H and O–H groups in total. The van der Waals surface area contributed by atoms with Crippen molar-refractivity contribution in [3.63, 3.8) is 0 Å². The second-order valence-electron chi connectivity index (χ2n) is 8.50. The van der Waals surface area contributed by atoms with Crippen molar-refractivity contribution < 1.29 is 14.4 Å². The highest BCUT2D eigenvalue weighted by molar-refractivity contribution is 7.18. The molecule has 4 aromatic rings. The third-order valence-corrected chi connectivity index (χ3v) is 7.66. The standard InChI is InChI=1S/C27H24N4O3S/c1-18(24-28-21-15-9-10-16-22(21)35-24)30(2)23(32)17-31-25(33)27(29-26(31)34,19-11-5-3-6-12-19)20-13-7-4-8-14-20/h3-16,18H,17H2,1-2H3,(H,29,34)/t18-/m1/s1. The van der Waals surface area contributed by atoms with Gasteiger partial charge in [0.15, 0.2) is 5.54 Å². The Morgan fingerprint density at radius 1 is 0.971 bits per heavy atom. The summed E-state index contributed by atoms with van der Waals surface area (Å²) in [6, 6.07) is 25.1. The molecule has 0 bridgehead atoms. The van der Waals surface area contributed by atoms with Crippen LogP contribution in [0.1, 0.15) is 29.1 Å². The number of hydrogen-bond donors (Lipinski definition) is 1. The summed E-state index contributed by atoms with van der Waals surface area (Å²) in [7, 11) is 1.67. The zero-order valence-electron chi connectivity index (χ0n) is 19.3. The molecule has 0 spiro atoms. The molecule has 2 heterocycles. The number of carbonyl (C=O) groups excluding carboxylic acids is 3. The van der Waals surface area contributed by atoms with Crippen LogP contribution in [-0.4, -0.2) is 46.2 Å². The lowest BCUT2D eigenvalue weighted by Crippen LogP contribution is -2.46. The molecule has 1 aliphatic heterocycles. The van der Waals surface area contributed by atoms with Crippen LogP contribution in [0.15, 0.2) is 84.9 Å². The first kappa shape index (κ1) is 22.7. The van der Waals surface area contributed by atoms with E-state index in [-0.39, 0.29) is 18.5 Å². The first-order valence-corrected chi connectivity index (χ1v) is 12.1. The first-order chi connectivity index (χ1) is 16.9. The van der Waals surface area contributed by atoms with E-state index in [9.17, 15) is 14.4 Å². The molecule has 1 atom stereocenters. The van der Waals surface area contributed by atoms with Crippen LogP contribution < -0.4 is 5.32 Å². The Hall–Kier alpha value is -4.04. The number of carbonyl (C=O) groups is 3. The van der Waals surface area contributed by atoms with E-state index in [0.717, 1.165) is 20.1 Å². The minimum Gasteiger partial charge on any atom is -0.335 e. The molecule has 0 unspecified atom stereocenters. The maximum Gasteiger partial charge on any atom is 0.326 e. The molecule has 1 aromatic heterocycles. The van der Waals surface area contributed by atoms with Crippen LogP contribution in [-0.2, 0) is 15.1 Å².